The van der Waals surface area contributed by atoms with Crippen molar-refractivity contribution in [3.63, 3.8) is 0 Å². The average molecular weight is 439 g/mol. The summed E-state index contributed by atoms with van der Waals surface area (Å²) in [5.41, 5.74) is 1.69. The van der Waals surface area contributed by atoms with Gasteiger partial charge in [-0.15, -0.1) is 0 Å². The van der Waals surface area contributed by atoms with Crippen LogP contribution in [-0.4, -0.2) is 29.3 Å². The van der Waals surface area contributed by atoms with Crippen molar-refractivity contribution >= 4 is 34.5 Å². The van der Waals surface area contributed by atoms with Gasteiger partial charge in [0.2, 0.25) is 5.91 Å². The number of hydrogen-bond donors (Lipinski definition) is 2. The third-order valence-corrected chi connectivity index (χ3v) is 5.81. The first-order chi connectivity index (χ1) is 15.9. The summed E-state index contributed by atoms with van der Waals surface area (Å²) in [7, 11) is 0. The molecular weight excluding hydrogens is 418 g/mol. The minimum atomic E-state index is -1.20. The zero-order valence-electron chi connectivity index (χ0n) is 17.9. The Bertz CT molecular complexity index is 1330. The standard InChI is InChI=1S/C26H21N3O4/c1-26(19-8-3-2-4-9-19)24(31)29(25(32)28-26)16-23(30)27-20-13-11-17(12-14-20)22-15-18-7-5-6-10-21(18)33-22/h2-15H,16H2,1H3,(H,27,30)(H,28,32)/t26-/m1/s1. The van der Waals surface area contributed by atoms with Crippen LogP contribution >= 0.6 is 0 Å². The predicted octanol–water partition coefficient (Wildman–Crippen LogP) is 4.51. The average Bonchev–Trinajstić information content (AvgIpc) is 3.35. The molecule has 0 aliphatic carbocycles. The molecule has 1 saturated heterocycles. The second-order valence-electron chi connectivity index (χ2n) is 8.09. The molecular formula is C26H21N3O4. The third kappa shape index (κ3) is 3.74. The molecule has 2 N–H and O–H groups in total. The Labute approximate surface area is 190 Å². The zero-order chi connectivity index (χ0) is 23.0. The van der Waals surface area contributed by atoms with Crippen LogP contribution in [0.15, 0.2) is 89.3 Å². The van der Waals surface area contributed by atoms with E-state index >= 15 is 0 Å². The highest BCUT2D eigenvalue weighted by atomic mass is 16.3. The zero-order valence-corrected chi connectivity index (χ0v) is 17.9. The number of rotatable bonds is 5. The predicted molar refractivity (Wildman–Crippen MR) is 124 cm³/mol. The normalized spacial score (nSPS) is 17.9. The number of amides is 4. The molecule has 1 aliphatic heterocycles. The first-order valence-corrected chi connectivity index (χ1v) is 10.5. The van der Waals surface area contributed by atoms with E-state index in [0.29, 0.717) is 11.3 Å². The van der Waals surface area contributed by atoms with Crippen molar-refractivity contribution in [2.24, 2.45) is 0 Å². The minimum Gasteiger partial charge on any atom is -0.456 e. The molecule has 1 aliphatic rings. The lowest BCUT2D eigenvalue weighted by molar-refractivity contribution is -0.133. The fourth-order valence-electron chi connectivity index (χ4n) is 3.99. The molecule has 0 saturated carbocycles. The van der Waals surface area contributed by atoms with E-state index in [1.165, 1.54) is 0 Å². The summed E-state index contributed by atoms with van der Waals surface area (Å²) in [5.74, 6) is -0.199. The molecule has 33 heavy (non-hydrogen) atoms. The molecule has 1 aromatic heterocycles. The lowest BCUT2D eigenvalue weighted by atomic mass is 9.92. The van der Waals surface area contributed by atoms with Gasteiger partial charge in [0.05, 0.1) is 0 Å². The van der Waals surface area contributed by atoms with Gasteiger partial charge in [0.15, 0.2) is 0 Å². The number of nitrogens with zero attached hydrogens (tertiary/aromatic N) is 1. The fraction of sp³-hybridized carbons (Fsp3) is 0.115. The fourth-order valence-corrected chi connectivity index (χ4v) is 3.99. The molecule has 4 amide bonds. The molecule has 0 radical (unpaired) electrons. The van der Waals surface area contributed by atoms with Gasteiger partial charge in [-0.05, 0) is 48.9 Å². The first-order valence-electron chi connectivity index (χ1n) is 10.5. The topological polar surface area (TPSA) is 91.7 Å². The van der Waals surface area contributed by atoms with Crippen LogP contribution in [0.25, 0.3) is 22.3 Å². The smallest absolute Gasteiger partial charge is 0.325 e. The number of nitrogens with one attached hydrogen (secondary N) is 2. The van der Waals surface area contributed by atoms with E-state index in [0.717, 1.165) is 27.2 Å². The summed E-state index contributed by atoms with van der Waals surface area (Å²) in [6.07, 6.45) is 0. The Morgan fingerprint density at radius 2 is 1.67 bits per heavy atom. The minimum absolute atomic E-state index is 0.377. The summed E-state index contributed by atoms with van der Waals surface area (Å²) in [4.78, 5) is 38.9. The molecule has 7 nitrogen and oxygen atoms in total. The van der Waals surface area contributed by atoms with Gasteiger partial charge < -0.3 is 15.1 Å². The van der Waals surface area contributed by atoms with Gasteiger partial charge in [-0.2, -0.15) is 0 Å². The van der Waals surface area contributed by atoms with Crippen molar-refractivity contribution < 1.29 is 18.8 Å². The highest BCUT2D eigenvalue weighted by Gasteiger charge is 2.49. The molecule has 1 atom stereocenters. The van der Waals surface area contributed by atoms with Gasteiger partial charge in [-0.3, -0.25) is 14.5 Å². The van der Waals surface area contributed by atoms with Crippen LogP contribution in [0.3, 0.4) is 0 Å². The van der Waals surface area contributed by atoms with Gasteiger partial charge in [-0.25, -0.2) is 4.79 Å². The van der Waals surface area contributed by atoms with E-state index in [1.54, 1.807) is 43.3 Å². The summed E-state index contributed by atoms with van der Waals surface area (Å²) in [6, 6.07) is 25.3. The first kappa shape index (κ1) is 20.5. The molecule has 7 heteroatoms. The van der Waals surface area contributed by atoms with E-state index in [4.69, 9.17) is 4.42 Å². The second-order valence-corrected chi connectivity index (χ2v) is 8.09. The van der Waals surface area contributed by atoms with E-state index in [1.807, 2.05) is 48.5 Å². The summed E-state index contributed by atoms with van der Waals surface area (Å²) in [6.45, 7) is 1.26. The van der Waals surface area contributed by atoms with Crippen LogP contribution in [0.2, 0.25) is 0 Å². The van der Waals surface area contributed by atoms with Crippen LogP contribution in [0.5, 0.6) is 0 Å². The highest BCUT2D eigenvalue weighted by Crippen LogP contribution is 2.30. The number of fused-ring (bicyclic) bond motifs is 1. The Balaban J connectivity index is 1.26. The third-order valence-electron chi connectivity index (χ3n) is 5.81. The van der Waals surface area contributed by atoms with Crippen LogP contribution in [0, 0.1) is 0 Å². The summed E-state index contributed by atoms with van der Waals surface area (Å²) in [5, 5.41) is 6.45. The van der Waals surface area contributed by atoms with E-state index in [-0.39, 0.29) is 6.54 Å². The number of carbonyl (C=O) groups is 3. The van der Waals surface area contributed by atoms with Crippen molar-refractivity contribution in [2.45, 2.75) is 12.5 Å². The van der Waals surface area contributed by atoms with Crippen LogP contribution in [0.4, 0.5) is 10.5 Å². The number of benzene rings is 3. The maximum Gasteiger partial charge on any atom is 0.325 e. The number of furan rings is 1. The number of imide groups is 1. The van der Waals surface area contributed by atoms with Crippen LogP contribution < -0.4 is 10.6 Å². The molecule has 164 valence electrons. The van der Waals surface area contributed by atoms with Crippen molar-refractivity contribution in [3.8, 4) is 11.3 Å². The van der Waals surface area contributed by atoms with Gasteiger partial charge in [-0.1, -0.05) is 48.5 Å². The van der Waals surface area contributed by atoms with Crippen molar-refractivity contribution in [1.29, 1.82) is 0 Å². The largest absolute Gasteiger partial charge is 0.456 e. The van der Waals surface area contributed by atoms with Crippen LogP contribution in [-0.2, 0) is 15.1 Å². The molecule has 3 aromatic carbocycles. The Hall–Kier alpha value is -4.39. The second kappa shape index (κ2) is 7.94. The van der Waals surface area contributed by atoms with Crippen molar-refractivity contribution in [3.05, 3.63) is 90.5 Å². The SMILES string of the molecule is C[C@]1(c2ccccc2)NC(=O)N(CC(=O)Nc2ccc(-c3cc4ccccc4o3)cc2)C1=O. The Morgan fingerprint density at radius 3 is 2.39 bits per heavy atom. The van der Waals surface area contributed by atoms with Gasteiger partial charge in [0, 0.05) is 16.6 Å². The summed E-state index contributed by atoms with van der Waals surface area (Å²) < 4.78 is 5.87. The van der Waals surface area contributed by atoms with Gasteiger partial charge in [0.25, 0.3) is 5.91 Å². The number of hydrogen-bond acceptors (Lipinski definition) is 4. The molecule has 5 rings (SSSR count). The van der Waals surface area contributed by atoms with E-state index in [9.17, 15) is 14.4 Å². The lowest BCUT2D eigenvalue weighted by Crippen LogP contribution is -2.42. The summed E-state index contributed by atoms with van der Waals surface area (Å²) >= 11 is 0. The maximum atomic E-state index is 13.0. The molecule has 0 bridgehead atoms. The van der Waals surface area contributed by atoms with Gasteiger partial charge >= 0.3 is 6.03 Å². The maximum absolute atomic E-state index is 13.0. The molecule has 1 fully saturated rings. The molecule has 4 aromatic rings. The Morgan fingerprint density at radius 1 is 0.970 bits per heavy atom. The quantitative estimate of drug-likeness (QED) is 0.448. The van der Waals surface area contributed by atoms with Crippen molar-refractivity contribution in [1.82, 2.24) is 10.2 Å². The lowest BCUT2D eigenvalue weighted by Gasteiger charge is -2.22. The Kier molecular flexibility index (Phi) is 4.94. The van der Waals surface area contributed by atoms with Crippen LogP contribution in [0.1, 0.15) is 12.5 Å². The highest BCUT2D eigenvalue weighted by molar-refractivity contribution is 6.10. The number of para-hydroxylation sites is 1. The molecule has 2 heterocycles. The number of anilines is 1. The van der Waals surface area contributed by atoms with Gasteiger partial charge in [0.1, 0.15) is 23.4 Å². The number of carbonyl (C=O) groups excluding carboxylic acids is 3. The monoisotopic (exact) mass is 439 g/mol. The van der Waals surface area contributed by atoms with E-state index in [2.05, 4.69) is 10.6 Å². The van der Waals surface area contributed by atoms with Crippen molar-refractivity contribution in [2.75, 3.05) is 11.9 Å². The molecule has 0 spiro atoms. The van der Waals surface area contributed by atoms with E-state index < -0.39 is 23.4 Å². The number of urea groups is 1. The molecule has 0 unspecified atom stereocenters.